The number of unbranched alkanes of at least 4 members (excludes halogenated alkanes) is 1. The van der Waals surface area contributed by atoms with Crippen LogP contribution < -0.4 is 4.74 Å². The summed E-state index contributed by atoms with van der Waals surface area (Å²) in [6.45, 7) is 6.75. The van der Waals surface area contributed by atoms with Gasteiger partial charge in [-0.05, 0) is 62.8 Å². The number of hydrogen-bond donors (Lipinski definition) is 0. The highest BCUT2D eigenvalue weighted by Gasteiger charge is 2.24. The van der Waals surface area contributed by atoms with E-state index in [9.17, 15) is 0 Å². The van der Waals surface area contributed by atoms with Gasteiger partial charge in [-0.25, -0.2) is 4.98 Å². The Labute approximate surface area is 161 Å². The zero-order valence-corrected chi connectivity index (χ0v) is 16.3. The summed E-state index contributed by atoms with van der Waals surface area (Å²) in [5.41, 5.74) is 4.68. The van der Waals surface area contributed by atoms with E-state index in [0.29, 0.717) is 0 Å². The number of para-hydroxylation sites is 3. The fourth-order valence-corrected chi connectivity index (χ4v) is 3.93. The zero-order chi connectivity index (χ0) is 18.6. The quantitative estimate of drug-likeness (QED) is 0.529. The van der Waals surface area contributed by atoms with Crippen LogP contribution in [0.2, 0.25) is 0 Å². The van der Waals surface area contributed by atoms with Crippen molar-refractivity contribution >= 4 is 11.0 Å². The number of benzene rings is 2. The number of hydrogen-bond acceptors (Lipinski definition) is 3. The Kier molecular flexibility index (Phi) is 5.44. The van der Waals surface area contributed by atoms with E-state index < -0.39 is 0 Å². The van der Waals surface area contributed by atoms with Crippen molar-refractivity contribution in [1.29, 1.82) is 0 Å². The monoisotopic (exact) mass is 364 g/mol. The second-order valence-electron chi connectivity index (χ2n) is 7.39. The molecule has 142 valence electrons. The summed E-state index contributed by atoms with van der Waals surface area (Å²) in [5, 5.41) is 0. The Balaban J connectivity index is 1.40. The number of ether oxygens (including phenoxy) is 2. The lowest BCUT2D eigenvalue weighted by Crippen LogP contribution is -2.10. The number of aromatic nitrogens is 2. The molecule has 2 aromatic carbocycles. The van der Waals surface area contributed by atoms with Gasteiger partial charge in [0.2, 0.25) is 0 Å². The molecule has 3 aromatic rings. The fourth-order valence-electron chi connectivity index (χ4n) is 3.93. The Morgan fingerprint density at radius 2 is 1.89 bits per heavy atom. The van der Waals surface area contributed by atoms with Gasteiger partial charge in [0, 0.05) is 13.2 Å². The number of fused-ring (bicyclic) bond motifs is 1. The highest BCUT2D eigenvalue weighted by Crippen LogP contribution is 2.31. The normalized spacial score (nSPS) is 16.9. The van der Waals surface area contributed by atoms with Crippen molar-refractivity contribution in [2.24, 2.45) is 0 Å². The highest BCUT2D eigenvalue weighted by molar-refractivity contribution is 5.76. The first-order valence-corrected chi connectivity index (χ1v) is 10.00. The Hall–Kier alpha value is -2.33. The van der Waals surface area contributed by atoms with Gasteiger partial charge in [0.1, 0.15) is 17.7 Å². The van der Waals surface area contributed by atoms with Gasteiger partial charge < -0.3 is 14.0 Å². The maximum atomic E-state index is 6.05. The van der Waals surface area contributed by atoms with E-state index in [1.807, 2.05) is 0 Å². The van der Waals surface area contributed by atoms with Crippen LogP contribution in [0.15, 0.2) is 42.5 Å². The molecule has 1 fully saturated rings. The van der Waals surface area contributed by atoms with Crippen molar-refractivity contribution in [2.45, 2.75) is 52.2 Å². The molecule has 1 saturated heterocycles. The Bertz CT molecular complexity index is 890. The van der Waals surface area contributed by atoms with Gasteiger partial charge in [-0.15, -0.1) is 0 Å². The van der Waals surface area contributed by atoms with Crippen LogP contribution >= 0.6 is 0 Å². The third-order valence-corrected chi connectivity index (χ3v) is 5.33. The maximum absolute atomic E-state index is 6.05. The zero-order valence-electron chi connectivity index (χ0n) is 16.3. The predicted octanol–water partition coefficient (Wildman–Crippen LogP) is 5.36. The lowest BCUT2D eigenvalue weighted by Gasteiger charge is -2.14. The van der Waals surface area contributed by atoms with Crippen molar-refractivity contribution in [1.82, 2.24) is 9.55 Å². The van der Waals surface area contributed by atoms with Gasteiger partial charge >= 0.3 is 0 Å². The van der Waals surface area contributed by atoms with Gasteiger partial charge in [-0.2, -0.15) is 0 Å². The molecule has 0 radical (unpaired) electrons. The van der Waals surface area contributed by atoms with Gasteiger partial charge in [0.25, 0.3) is 0 Å². The third-order valence-electron chi connectivity index (χ3n) is 5.33. The third kappa shape index (κ3) is 3.86. The second kappa shape index (κ2) is 8.13. The molecule has 1 atom stereocenters. The molecule has 1 aromatic heterocycles. The minimum Gasteiger partial charge on any atom is -0.493 e. The van der Waals surface area contributed by atoms with Crippen LogP contribution in [0, 0.1) is 13.8 Å². The van der Waals surface area contributed by atoms with Crippen LogP contribution in [-0.2, 0) is 11.3 Å². The smallest absolute Gasteiger partial charge is 0.139 e. The molecule has 1 aliphatic heterocycles. The van der Waals surface area contributed by atoms with Crippen molar-refractivity contribution in [3.05, 3.63) is 59.4 Å². The number of nitrogens with zero attached hydrogens (tertiary/aromatic N) is 2. The van der Waals surface area contributed by atoms with E-state index >= 15 is 0 Å². The standard InChI is InChI=1S/C23H28N2O2/c1-17-9-7-10-18(2)22(17)27-15-6-5-14-25-20-12-4-3-11-19(20)24-23(25)21-13-8-16-26-21/h3-4,7,9-12,21H,5-6,8,13-16H2,1-2H3. The van der Waals surface area contributed by atoms with Crippen molar-refractivity contribution in [2.75, 3.05) is 13.2 Å². The number of imidazole rings is 1. The van der Waals surface area contributed by atoms with Gasteiger partial charge in [0.15, 0.2) is 0 Å². The summed E-state index contributed by atoms with van der Waals surface area (Å²) in [6, 6.07) is 14.7. The lowest BCUT2D eigenvalue weighted by molar-refractivity contribution is 0.102. The molecule has 4 heteroatoms. The number of rotatable bonds is 7. The van der Waals surface area contributed by atoms with Crippen LogP contribution in [-0.4, -0.2) is 22.8 Å². The van der Waals surface area contributed by atoms with Gasteiger partial charge in [-0.1, -0.05) is 30.3 Å². The summed E-state index contributed by atoms with van der Waals surface area (Å²) in [6.07, 6.45) is 4.41. The minimum atomic E-state index is 0.142. The average molecular weight is 364 g/mol. The molecule has 4 rings (SSSR count). The average Bonchev–Trinajstić information content (AvgIpc) is 3.31. The highest BCUT2D eigenvalue weighted by atomic mass is 16.5. The van der Waals surface area contributed by atoms with E-state index in [0.717, 1.165) is 62.5 Å². The van der Waals surface area contributed by atoms with Crippen molar-refractivity contribution < 1.29 is 9.47 Å². The van der Waals surface area contributed by atoms with Crippen LogP contribution in [0.4, 0.5) is 0 Å². The molecular weight excluding hydrogens is 336 g/mol. The van der Waals surface area contributed by atoms with E-state index in [1.54, 1.807) is 0 Å². The van der Waals surface area contributed by atoms with Crippen LogP contribution in [0.3, 0.4) is 0 Å². The summed E-state index contributed by atoms with van der Waals surface area (Å²) in [4.78, 5) is 4.87. The minimum absolute atomic E-state index is 0.142. The SMILES string of the molecule is Cc1cccc(C)c1OCCCCn1c(C2CCCO2)nc2ccccc21. The fraction of sp³-hybridized carbons (Fsp3) is 0.435. The van der Waals surface area contributed by atoms with Crippen LogP contribution in [0.25, 0.3) is 11.0 Å². The van der Waals surface area contributed by atoms with Crippen molar-refractivity contribution in [3.63, 3.8) is 0 Å². The molecule has 0 aliphatic carbocycles. The molecule has 2 heterocycles. The van der Waals surface area contributed by atoms with E-state index in [1.165, 1.54) is 16.6 Å². The first-order valence-electron chi connectivity index (χ1n) is 10.00. The predicted molar refractivity (Wildman–Crippen MR) is 108 cm³/mol. The molecule has 1 aliphatic rings. The molecule has 0 bridgehead atoms. The maximum Gasteiger partial charge on any atom is 0.139 e. The summed E-state index contributed by atoms with van der Waals surface area (Å²) >= 11 is 0. The van der Waals surface area contributed by atoms with Crippen LogP contribution in [0.5, 0.6) is 5.75 Å². The van der Waals surface area contributed by atoms with E-state index in [-0.39, 0.29) is 6.10 Å². The van der Waals surface area contributed by atoms with Crippen molar-refractivity contribution in [3.8, 4) is 5.75 Å². The second-order valence-corrected chi connectivity index (χ2v) is 7.39. The topological polar surface area (TPSA) is 36.3 Å². The molecule has 0 spiro atoms. The Morgan fingerprint density at radius 1 is 1.07 bits per heavy atom. The summed E-state index contributed by atoms with van der Waals surface area (Å²) in [5.74, 6) is 2.12. The molecule has 1 unspecified atom stereocenters. The van der Waals surface area contributed by atoms with Gasteiger partial charge in [0.05, 0.1) is 17.6 Å². The van der Waals surface area contributed by atoms with Gasteiger partial charge in [-0.3, -0.25) is 0 Å². The van der Waals surface area contributed by atoms with E-state index in [4.69, 9.17) is 14.5 Å². The first-order chi connectivity index (χ1) is 13.2. The molecule has 0 N–H and O–H groups in total. The summed E-state index contributed by atoms with van der Waals surface area (Å²) < 4.78 is 14.3. The Morgan fingerprint density at radius 3 is 2.67 bits per heavy atom. The number of aryl methyl sites for hydroxylation is 3. The molecule has 0 saturated carbocycles. The summed E-state index contributed by atoms with van der Waals surface area (Å²) in [7, 11) is 0. The molecule has 0 amide bonds. The first kappa shape index (κ1) is 18.1. The molecule has 4 nitrogen and oxygen atoms in total. The largest absolute Gasteiger partial charge is 0.493 e. The molecule has 27 heavy (non-hydrogen) atoms. The van der Waals surface area contributed by atoms with Crippen LogP contribution in [0.1, 0.15) is 48.7 Å². The van der Waals surface area contributed by atoms with E-state index in [2.05, 4.69) is 60.9 Å². The molecular formula is C23H28N2O2. The lowest BCUT2D eigenvalue weighted by atomic mass is 10.1.